The fourth-order valence-electron chi connectivity index (χ4n) is 3.31. The first-order valence-corrected chi connectivity index (χ1v) is 9.12. The molecule has 0 atom stereocenters. The molecule has 1 N–H and O–H groups in total. The number of hydrazine groups is 1. The lowest BCUT2D eigenvalue weighted by Gasteiger charge is -2.40. The number of fused-ring (bicyclic) bond motifs is 1. The number of anilines is 3. The second kappa shape index (κ2) is 6.81. The Morgan fingerprint density at radius 1 is 0.808 bits per heavy atom. The third kappa shape index (κ3) is 2.93. The Bertz CT molecular complexity index is 953. The van der Waals surface area contributed by atoms with Crippen molar-refractivity contribution >= 4 is 34.3 Å². The van der Waals surface area contributed by atoms with Crippen LogP contribution < -0.4 is 10.3 Å². The molecule has 0 spiro atoms. The number of rotatable bonds is 3. The highest BCUT2D eigenvalue weighted by molar-refractivity contribution is 7.80. The van der Waals surface area contributed by atoms with Crippen molar-refractivity contribution in [3.63, 3.8) is 0 Å². The van der Waals surface area contributed by atoms with Crippen molar-refractivity contribution < 1.29 is 0 Å². The van der Waals surface area contributed by atoms with Crippen molar-refractivity contribution in [2.45, 2.75) is 13.8 Å². The third-order valence-electron chi connectivity index (χ3n) is 4.86. The van der Waals surface area contributed by atoms with Crippen molar-refractivity contribution in [2.24, 2.45) is 0 Å². The second-order valence-corrected chi connectivity index (χ2v) is 6.90. The van der Waals surface area contributed by atoms with Crippen LogP contribution in [0.4, 0.5) is 17.1 Å². The SMILES string of the molecule is Cc1cccc(N2CN(Nc3ccccc3)C(=S)c3ccccc32)c1C. The average molecular weight is 359 g/mol. The summed E-state index contributed by atoms with van der Waals surface area (Å²) in [5.74, 6) is 0. The largest absolute Gasteiger partial charge is 0.320 e. The van der Waals surface area contributed by atoms with Crippen molar-refractivity contribution in [2.75, 3.05) is 17.0 Å². The predicted molar refractivity (Wildman–Crippen MR) is 113 cm³/mol. The quantitative estimate of drug-likeness (QED) is 0.629. The Labute approximate surface area is 159 Å². The molecule has 3 aromatic rings. The van der Waals surface area contributed by atoms with E-state index in [9.17, 15) is 0 Å². The van der Waals surface area contributed by atoms with E-state index in [2.05, 4.69) is 60.6 Å². The van der Waals surface area contributed by atoms with Crippen LogP contribution in [-0.2, 0) is 0 Å². The molecule has 1 heterocycles. The van der Waals surface area contributed by atoms with Crippen LogP contribution in [-0.4, -0.2) is 16.7 Å². The van der Waals surface area contributed by atoms with E-state index in [1.165, 1.54) is 16.8 Å². The van der Waals surface area contributed by atoms with Crippen LogP contribution in [0.15, 0.2) is 72.8 Å². The molecule has 4 heteroatoms. The zero-order valence-corrected chi connectivity index (χ0v) is 15.8. The van der Waals surface area contributed by atoms with E-state index in [4.69, 9.17) is 12.2 Å². The molecule has 0 saturated heterocycles. The summed E-state index contributed by atoms with van der Waals surface area (Å²) in [4.78, 5) is 3.13. The number of nitrogens with zero attached hydrogens (tertiary/aromatic N) is 2. The summed E-state index contributed by atoms with van der Waals surface area (Å²) in [5, 5.41) is 2.04. The summed E-state index contributed by atoms with van der Waals surface area (Å²) in [6, 6.07) is 24.9. The lowest BCUT2D eigenvalue weighted by Crippen LogP contribution is -2.47. The summed E-state index contributed by atoms with van der Waals surface area (Å²) < 4.78 is 0. The van der Waals surface area contributed by atoms with Crippen LogP contribution in [0.3, 0.4) is 0 Å². The van der Waals surface area contributed by atoms with Crippen molar-refractivity contribution in [3.8, 4) is 0 Å². The summed E-state index contributed by atoms with van der Waals surface area (Å²) >= 11 is 5.78. The fourth-order valence-corrected chi connectivity index (χ4v) is 3.58. The molecule has 0 unspecified atom stereocenters. The number of aryl methyl sites for hydroxylation is 1. The standard InChI is InChI=1S/C22H21N3S/c1-16-9-8-14-20(17(16)2)24-15-25(23-18-10-4-3-5-11-18)22(26)19-12-6-7-13-21(19)24/h3-14,23H,15H2,1-2H3. The van der Waals surface area contributed by atoms with Crippen LogP contribution in [0.1, 0.15) is 16.7 Å². The second-order valence-electron chi connectivity index (χ2n) is 6.52. The molecule has 3 nitrogen and oxygen atoms in total. The summed E-state index contributed by atoms with van der Waals surface area (Å²) in [5.41, 5.74) is 10.5. The van der Waals surface area contributed by atoms with Crippen LogP contribution in [0.2, 0.25) is 0 Å². The molecule has 0 aliphatic carbocycles. The van der Waals surface area contributed by atoms with Crippen LogP contribution in [0.5, 0.6) is 0 Å². The van der Waals surface area contributed by atoms with Gasteiger partial charge in [0.25, 0.3) is 0 Å². The molecule has 130 valence electrons. The number of thiocarbonyl (C=S) groups is 1. The summed E-state index contributed by atoms with van der Waals surface area (Å²) in [6.07, 6.45) is 0. The van der Waals surface area contributed by atoms with Gasteiger partial charge >= 0.3 is 0 Å². The summed E-state index contributed by atoms with van der Waals surface area (Å²) in [7, 11) is 0. The molecule has 0 saturated carbocycles. The molecule has 0 fully saturated rings. The zero-order chi connectivity index (χ0) is 18.1. The minimum Gasteiger partial charge on any atom is -0.320 e. The van der Waals surface area contributed by atoms with Crippen molar-refractivity contribution in [3.05, 3.63) is 89.5 Å². The van der Waals surface area contributed by atoms with Crippen LogP contribution in [0, 0.1) is 13.8 Å². The minimum absolute atomic E-state index is 0.648. The van der Waals surface area contributed by atoms with E-state index in [0.29, 0.717) is 6.67 Å². The van der Waals surface area contributed by atoms with Crippen LogP contribution in [0.25, 0.3) is 0 Å². The predicted octanol–water partition coefficient (Wildman–Crippen LogP) is 5.42. The third-order valence-corrected chi connectivity index (χ3v) is 5.30. The van der Waals surface area contributed by atoms with E-state index >= 15 is 0 Å². The molecule has 1 aliphatic heterocycles. The van der Waals surface area contributed by atoms with Gasteiger partial charge in [-0.3, -0.25) is 10.4 Å². The van der Waals surface area contributed by atoms with E-state index in [1.54, 1.807) is 0 Å². The van der Waals surface area contributed by atoms with Gasteiger partial charge in [-0.25, -0.2) is 0 Å². The maximum absolute atomic E-state index is 5.78. The van der Waals surface area contributed by atoms with Gasteiger partial charge in [-0.05, 0) is 55.3 Å². The molecule has 0 bridgehead atoms. The molecule has 1 aliphatic rings. The van der Waals surface area contributed by atoms with E-state index in [-0.39, 0.29) is 0 Å². The van der Waals surface area contributed by atoms with Gasteiger partial charge in [0.15, 0.2) is 0 Å². The molecule has 4 rings (SSSR count). The summed E-state index contributed by atoms with van der Waals surface area (Å²) in [6.45, 7) is 4.98. The van der Waals surface area contributed by atoms with E-state index < -0.39 is 0 Å². The Morgan fingerprint density at radius 3 is 2.31 bits per heavy atom. The first-order valence-electron chi connectivity index (χ1n) is 8.71. The topological polar surface area (TPSA) is 18.5 Å². The highest BCUT2D eigenvalue weighted by Gasteiger charge is 2.28. The van der Waals surface area contributed by atoms with E-state index in [1.807, 2.05) is 41.4 Å². The first kappa shape index (κ1) is 16.6. The van der Waals surface area contributed by atoms with Crippen molar-refractivity contribution in [1.29, 1.82) is 0 Å². The Kier molecular flexibility index (Phi) is 4.35. The molecule has 26 heavy (non-hydrogen) atoms. The molecule has 0 aromatic heterocycles. The fraction of sp³-hybridized carbons (Fsp3) is 0.136. The lowest BCUT2D eigenvalue weighted by molar-refractivity contribution is 0.505. The molecular weight excluding hydrogens is 338 g/mol. The van der Waals surface area contributed by atoms with Gasteiger partial charge in [0.05, 0.1) is 11.4 Å². The van der Waals surface area contributed by atoms with Gasteiger partial charge in [-0.15, -0.1) is 0 Å². The smallest absolute Gasteiger partial charge is 0.131 e. The van der Waals surface area contributed by atoms with E-state index in [0.717, 1.165) is 21.9 Å². The van der Waals surface area contributed by atoms with Gasteiger partial charge in [0.2, 0.25) is 0 Å². The lowest BCUT2D eigenvalue weighted by atomic mass is 10.0. The average Bonchev–Trinajstić information content (AvgIpc) is 2.67. The van der Waals surface area contributed by atoms with Crippen LogP contribution >= 0.6 is 12.2 Å². The maximum atomic E-state index is 5.78. The number of para-hydroxylation sites is 2. The Morgan fingerprint density at radius 2 is 1.50 bits per heavy atom. The molecule has 0 radical (unpaired) electrons. The highest BCUT2D eigenvalue weighted by Crippen LogP contribution is 2.36. The minimum atomic E-state index is 0.648. The monoisotopic (exact) mass is 359 g/mol. The zero-order valence-electron chi connectivity index (χ0n) is 14.9. The van der Waals surface area contributed by atoms with Gasteiger partial charge in [-0.2, -0.15) is 0 Å². The molecule has 0 amide bonds. The number of hydrogen-bond donors (Lipinski definition) is 1. The number of nitrogens with one attached hydrogen (secondary N) is 1. The normalized spacial score (nSPS) is 13.5. The molecule has 3 aromatic carbocycles. The Balaban J connectivity index is 1.77. The van der Waals surface area contributed by atoms with Crippen molar-refractivity contribution in [1.82, 2.24) is 5.01 Å². The number of hydrogen-bond acceptors (Lipinski definition) is 3. The maximum Gasteiger partial charge on any atom is 0.131 e. The van der Waals surface area contributed by atoms with Gasteiger partial charge < -0.3 is 4.90 Å². The van der Waals surface area contributed by atoms with Gasteiger partial charge in [0.1, 0.15) is 11.7 Å². The molecular formula is C22H21N3S. The first-order chi connectivity index (χ1) is 12.6. The number of benzene rings is 3. The van der Waals surface area contributed by atoms with Gasteiger partial charge in [-0.1, -0.05) is 54.7 Å². The van der Waals surface area contributed by atoms with Gasteiger partial charge in [0, 0.05) is 11.3 Å². The Hall–Kier alpha value is -2.85. The highest BCUT2D eigenvalue weighted by atomic mass is 32.1.